The first kappa shape index (κ1) is 26.4. The molecule has 2 fully saturated rings. The smallest absolute Gasteiger partial charge is 0.278 e. The Morgan fingerprint density at radius 3 is 2.38 bits per heavy atom. The Balaban J connectivity index is 0.00000324. The molecule has 0 saturated carbocycles. The topological polar surface area (TPSA) is 79.7 Å². The molecule has 1 atom stereocenters. The number of para-hydroxylation sites is 1. The van der Waals surface area contributed by atoms with Crippen molar-refractivity contribution in [3.05, 3.63) is 75.2 Å². The number of carbonyl (C=O) groups excluding carboxylic acids is 2. The number of hydrazine groups is 1. The minimum atomic E-state index is -0.484. The van der Waals surface area contributed by atoms with Crippen LogP contribution in [0.25, 0.3) is 0 Å². The van der Waals surface area contributed by atoms with Crippen LogP contribution in [0, 0.1) is 11.3 Å². The number of piperazine rings is 1. The summed E-state index contributed by atoms with van der Waals surface area (Å²) < 4.78 is 0.968. The van der Waals surface area contributed by atoms with Crippen molar-refractivity contribution in [3.63, 3.8) is 0 Å². The maximum atomic E-state index is 13.5. The van der Waals surface area contributed by atoms with Gasteiger partial charge in [0.25, 0.3) is 5.91 Å². The molecule has 0 bridgehead atoms. The number of halogens is 2. The van der Waals surface area contributed by atoms with Crippen molar-refractivity contribution in [2.24, 2.45) is 0 Å². The number of amides is 2. The van der Waals surface area contributed by atoms with Crippen LogP contribution < -0.4 is 10.3 Å². The van der Waals surface area contributed by atoms with Gasteiger partial charge in [0.15, 0.2) is 0 Å². The van der Waals surface area contributed by atoms with Crippen molar-refractivity contribution in [3.8, 4) is 6.07 Å². The summed E-state index contributed by atoms with van der Waals surface area (Å²) >= 11 is 4.71. The van der Waals surface area contributed by atoms with Crippen molar-refractivity contribution >= 4 is 62.2 Å². The van der Waals surface area contributed by atoms with E-state index < -0.39 is 11.2 Å². The number of anilines is 1. The molecule has 2 aliphatic heterocycles. The summed E-state index contributed by atoms with van der Waals surface area (Å²) in [4.78, 5) is 30.2. The normalized spacial score (nSPS) is 20.4. The van der Waals surface area contributed by atoms with Crippen LogP contribution in [0.15, 0.2) is 69.7 Å². The predicted octanol–water partition coefficient (Wildman–Crippen LogP) is 3.73. The van der Waals surface area contributed by atoms with E-state index in [-0.39, 0.29) is 28.5 Å². The Hall–Kier alpha value is -2.16. The van der Waals surface area contributed by atoms with Gasteiger partial charge in [-0.05, 0) is 43.3 Å². The minimum Gasteiger partial charge on any atom is -0.304 e. The molecule has 34 heavy (non-hydrogen) atoms. The first-order valence-electron chi connectivity index (χ1n) is 10.6. The van der Waals surface area contributed by atoms with E-state index in [4.69, 9.17) is 0 Å². The molecule has 0 aromatic heterocycles. The average Bonchev–Trinajstić information content (AvgIpc) is 3.13. The molecule has 2 heterocycles. The van der Waals surface area contributed by atoms with Crippen LogP contribution in [0.1, 0.15) is 5.56 Å². The molecule has 1 N–H and O–H groups in total. The Morgan fingerprint density at radius 1 is 1.12 bits per heavy atom. The van der Waals surface area contributed by atoms with Crippen LogP contribution in [0.4, 0.5) is 5.69 Å². The number of likely N-dealkylation sites (N-methyl/N-ethyl adjacent to an activating group) is 1. The minimum absolute atomic E-state index is 0. The van der Waals surface area contributed by atoms with Crippen molar-refractivity contribution in [1.82, 2.24) is 15.3 Å². The molecular weight excluding hydrogens is 582 g/mol. The number of hydrogen-bond acceptors (Lipinski definition) is 6. The first-order valence-corrected chi connectivity index (χ1v) is 12.3. The summed E-state index contributed by atoms with van der Waals surface area (Å²) in [6.45, 7) is 3.02. The molecule has 0 radical (unpaired) electrons. The number of hydrogen-bond donors (Lipinski definition) is 1. The van der Waals surface area contributed by atoms with Crippen LogP contribution in [0.2, 0.25) is 0 Å². The third-order valence-electron chi connectivity index (χ3n) is 5.62. The summed E-state index contributed by atoms with van der Waals surface area (Å²) in [5.74, 6) is -0.619. The second-order valence-corrected chi connectivity index (χ2v) is 10.1. The fourth-order valence-electron chi connectivity index (χ4n) is 3.75. The Morgan fingerprint density at radius 2 is 1.76 bits per heavy atom. The van der Waals surface area contributed by atoms with Crippen molar-refractivity contribution in [1.29, 1.82) is 5.26 Å². The van der Waals surface area contributed by atoms with Crippen LogP contribution in [-0.4, -0.2) is 60.2 Å². The zero-order valence-electron chi connectivity index (χ0n) is 18.6. The number of nitriles is 1. The highest BCUT2D eigenvalue weighted by atomic mass is 79.9. The summed E-state index contributed by atoms with van der Waals surface area (Å²) in [5.41, 5.74) is 4.46. The standard InChI is InChI=1S/C24H24BrN5O2S.BrH/c1-28-11-13-29(14-12-28)27-22(31)20(16-26)24-30(19-5-3-2-4-6-19)23(32)21(33-24)15-17-7-9-18(25)10-8-17;/h2-10,21H,11-15H2,1H3,(H,27,31);1H/b24-20+;. The van der Waals surface area contributed by atoms with Gasteiger partial charge in [-0.15, -0.1) is 17.0 Å². The van der Waals surface area contributed by atoms with Crippen LogP contribution in [-0.2, 0) is 16.0 Å². The first-order chi connectivity index (χ1) is 16.0. The quantitative estimate of drug-likeness (QED) is 0.413. The molecule has 0 spiro atoms. The van der Waals surface area contributed by atoms with Crippen LogP contribution in [0.3, 0.4) is 0 Å². The van der Waals surface area contributed by atoms with Gasteiger partial charge in [0.2, 0.25) is 5.91 Å². The Labute approximate surface area is 222 Å². The van der Waals surface area contributed by atoms with E-state index in [1.807, 2.05) is 66.7 Å². The van der Waals surface area contributed by atoms with Gasteiger partial charge in [0, 0.05) is 36.3 Å². The molecule has 2 amide bonds. The number of benzene rings is 2. The number of nitrogens with zero attached hydrogens (tertiary/aromatic N) is 4. The molecule has 2 aromatic carbocycles. The lowest BCUT2D eigenvalue weighted by Crippen LogP contribution is -2.53. The molecule has 2 aliphatic rings. The molecule has 1 unspecified atom stereocenters. The summed E-state index contributed by atoms with van der Waals surface area (Å²) in [6, 6.07) is 19.0. The van der Waals surface area contributed by atoms with E-state index in [0.29, 0.717) is 30.2 Å². The monoisotopic (exact) mass is 605 g/mol. The molecule has 4 rings (SSSR count). The van der Waals surface area contributed by atoms with Gasteiger partial charge < -0.3 is 4.90 Å². The second-order valence-electron chi connectivity index (χ2n) is 7.97. The summed E-state index contributed by atoms with van der Waals surface area (Å²) in [5, 5.41) is 11.7. The lowest BCUT2D eigenvalue weighted by molar-refractivity contribution is -0.122. The highest BCUT2D eigenvalue weighted by molar-refractivity contribution is 9.10. The zero-order chi connectivity index (χ0) is 23.4. The number of carbonyl (C=O) groups is 2. The molecule has 7 nitrogen and oxygen atoms in total. The molecule has 2 saturated heterocycles. The lowest BCUT2D eigenvalue weighted by atomic mass is 10.1. The zero-order valence-corrected chi connectivity index (χ0v) is 22.7. The van der Waals surface area contributed by atoms with E-state index in [9.17, 15) is 14.9 Å². The fraction of sp³-hybridized carbons (Fsp3) is 0.292. The molecule has 10 heteroatoms. The Kier molecular flexibility index (Phi) is 9.33. The summed E-state index contributed by atoms with van der Waals surface area (Å²) in [6.07, 6.45) is 0.502. The highest BCUT2D eigenvalue weighted by Crippen LogP contribution is 2.41. The number of thioether (sulfide) groups is 1. The molecule has 0 aliphatic carbocycles. The fourth-order valence-corrected chi connectivity index (χ4v) is 5.32. The second kappa shape index (κ2) is 12.0. The van der Waals surface area contributed by atoms with E-state index in [1.165, 1.54) is 16.7 Å². The van der Waals surface area contributed by atoms with Gasteiger partial charge in [0.1, 0.15) is 16.7 Å². The molecule has 2 aromatic rings. The third kappa shape index (κ3) is 6.09. The highest BCUT2D eigenvalue weighted by Gasteiger charge is 2.41. The SMILES string of the molecule is Br.CN1CCN(NC(=O)/C(C#N)=C2/SC(Cc3ccc(Br)cc3)C(=O)N2c2ccccc2)CC1. The number of nitrogens with one attached hydrogen (secondary N) is 1. The molecular formula is C24H25Br2N5O2S. The van der Waals surface area contributed by atoms with Gasteiger partial charge in [0.05, 0.1) is 5.25 Å². The van der Waals surface area contributed by atoms with Gasteiger partial charge >= 0.3 is 0 Å². The van der Waals surface area contributed by atoms with Crippen LogP contribution >= 0.6 is 44.7 Å². The van der Waals surface area contributed by atoms with E-state index in [1.54, 1.807) is 0 Å². The van der Waals surface area contributed by atoms with Crippen molar-refractivity contribution in [2.75, 3.05) is 38.1 Å². The average molecular weight is 607 g/mol. The van der Waals surface area contributed by atoms with Gasteiger partial charge in [-0.1, -0.05) is 58.0 Å². The lowest BCUT2D eigenvalue weighted by Gasteiger charge is -2.32. The van der Waals surface area contributed by atoms with Crippen molar-refractivity contribution in [2.45, 2.75) is 11.7 Å². The van der Waals surface area contributed by atoms with Crippen LogP contribution in [0.5, 0.6) is 0 Å². The number of rotatable bonds is 5. The van der Waals surface area contributed by atoms with Crippen molar-refractivity contribution < 1.29 is 9.59 Å². The van der Waals surface area contributed by atoms with Gasteiger partial charge in [-0.25, -0.2) is 5.01 Å². The van der Waals surface area contributed by atoms with Gasteiger partial charge in [-0.3, -0.25) is 19.9 Å². The van der Waals surface area contributed by atoms with Gasteiger partial charge in [-0.2, -0.15) is 5.26 Å². The maximum Gasteiger partial charge on any atom is 0.278 e. The maximum absolute atomic E-state index is 13.5. The third-order valence-corrected chi connectivity index (χ3v) is 7.41. The molecule has 178 valence electrons. The van der Waals surface area contributed by atoms with E-state index in [0.717, 1.165) is 23.1 Å². The largest absolute Gasteiger partial charge is 0.304 e. The summed E-state index contributed by atoms with van der Waals surface area (Å²) in [7, 11) is 2.03. The van der Waals surface area contributed by atoms with E-state index in [2.05, 4.69) is 32.3 Å². The Bertz CT molecular complexity index is 1100. The van der Waals surface area contributed by atoms with E-state index >= 15 is 0 Å². The predicted molar refractivity (Wildman–Crippen MR) is 143 cm³/mol.